The molecule has 0 radical (unpaired) electrons. The van der Waals surface area contributed by atoms with Crippen molar-refractivity contribution in [3.8, 4) is 6.07 Å². The summed E-state index contributed by atoms with van der Waals surface area (Å²) in [6, 6.07) is 19.7. The minimum Gasteiger partial charge on any atom is -0.377 e. The SMILES string of the molecule is [2H]C(Nc1cc(Cl)c2ncc(C#N)c(NC(CC)c3ccccc3)c2c1)(c1ccc(F)cc1)c1cn(C(C)(C)C)nn1. The molecule has 5 aromatic rings. The summed E-state index contributed by atoms with van der Waals surface area (Å²) in [4.78, 5) is 4.48. The number of aromatic nitrogens is 4. The molecule has 0 aliphatic rings. The van der Waals surface area contributed by atoms with Crippen LogP contribution in [0.2, 0.25) is 5.02 Å². The lowest BCUT2D eigenvalue weighted by Crippen LogP contribution is -2.22. The van der Waals surface area contributed by atoms with Crippen molar-refractivity contribution in [2.45, 2.75) is 51.7 Å². The zero-order valence-electron chi connectivity index (χ0n) is 24.3. The Hall–Kier alpha value is -4.48. The first-order chi connectivity index (χ1) is 20.0. The van der Waals surface area contributed by atoms with E-state index in [1.165, 1.54) is 18.3 Å². The third kappa shape index (κ3) is 6.01. The molecule has 0 fully saturated rings. The zero-order valence-corrected chi connectivity index (χ0v) is 24.0. The van der Waals surface area contributed by atoms with Gasteiger partial charge in [-0.1, -0.05) is 66.2 Å². The van der Waals surface area contributed by atoms with Crippen LogP contribution in [-0.4, -0.2) is 20.0 Å². The molecule has 208 valence electrons. The molecule has 5 rings (SSSR count). The van der Waals surface area contributed by atoms with Crippen LogP contribution >= 0.6 is 11.6 Å². The van der Waals surface area contributed by atoms with E-state index in [9.17, 15) is 11.0 Å². The van der Waals surface area contributed by atoms with E-state index in [2.05, 4.69) is 38.9 Å². The van der Waals surface area contributed by atoms with E-state index in [1.54, 1.807) is 29.1 Å². The molecule has 3 aromatic carbocycles. The van der Waals surface area contributed by atoms with E-state index < -0.39 is 11.8 Å². The molecular formula is C32H31ClFN7. The van der Waals surface area contributed by atoms with Crippen molar-refractivity contribution in [2.75, 3.05) is 10.6 Å². The van der Waals surface area contributed by atoms with Gasteiger partial charge in [-0.2, -0.15) is 5.26 Å². The van der Waals surface area contributed by atoms with Gasteiger partial charge < -0.3 is 10.6 Å². The number of anilines is 2. The fourth-order valence-corrected chi connectivity index (χ4v) is 4.87. The Morgan fingerprint density at radius 3 is 2.44 bits per heavy atom. The molecule has 0 saturated heterocycles. The van der Waals surface area contributed by atoms with E-state index in [-0.39, 0.29) is 11.6 Å². The minimum atomic E-state index is -1.65. The number of nitriles is 1. The first-order valence-corrected chi connectivity index (χ1v) is 13.7. The third-order valence-electron chi connectivity index (χ3n) is 6.81. The molecule has 41 heavy (non-hydrogen) atoms. The average molecular weight is 569 g/mol. The molecule has 0 aliphatic carbocycles. The maximum Gasteiger partial charge on any atom is 0.123 e. The number of pyridine rings is 1. The summed E-state index contributed by atoms with van der Waals surface area (Å²) >= 11 is 6.77. The quantitative estimate of drug-likeness (QED) is 0.197. The second kappa shape index (κ2) is 11.6. The lowest BCUT2D eigenvalue weighted by molar-refractivity contribution is 0.347. The monoisotopic (exact) mass is 568 g/mol. The summed E-state index contributed by atoms with van der Waals surface area (Å²) in [5, 5.41) is 26.4. The molecule has 2 unspecified atom stereocenters. The summed E-state index contributed by atoms with van der Waals surface area (Å²) in [7, 11) is 0. The van der Waals surface area contributed by atoms with Crippen LogP contribution in [-0.2, 0) is 5.54 Å². The fourth-order valence-electron chi connectivity index (χ4n) is 4.60. The Kier molecular flexibility index (Phi) is 7.53. The van der Waals surface area contributed by atoms with Crippen LogP contribution in [0.3, 0.4) is 0 Å². The van der Waals surface area contributed by atoms with Crippen LogP contribution < -0.4 is 10.6 Å². The van der Waals surface area contributed by atoms with Crippen LogP contribution in [0.1, 0.15) is 69.9 Å². The highest BCUT2D eigenvalue weighted by Crippen LogP contribution is 2.37. The van der Waals surface area contributed by atoms with Crippen molar-refractivity contribution in [3.05, 3.63) is 112 Å². The van der Waals surface area contributed by atoms with Crippen molar-refractivity contribution >= 4 is 33.9 Å². The van der Waals surface area contributed by atoms with Crippen LogP contribution in [0.15, 0.2) is 79.1 Å². The number of fused-ring (bicyclic) bond motifs is 1. The molecule has 0 bridgehead atoms. The van der Waals surface area contributed by atoms with Crippen molar-refractivity contribution in [2.24, 2.45) is 0 Å². The number of nitrogens with one attached hydrogen (secondary N) is 2. The normalized spacial score (nSPS) is 14.1. The largest absolute Gasteiger partial charge is 0.377 e. The number of rotatable bonds is 8. The van der Waals surface area contributed by atoms with E-state index in [1.807, 2.05) is 57.2 Å². The van der Waals surface area contributed by atoms with Crippen LogP contribution in [0, 0.1) is 17.1 Å². The van der Waals surface area contributed by atoms with Gasteiger partial charge in [-0.15, -0.1) is 5.10 Å². The second-order valence-corrected chi connectivity index (χ2v) is 11.2. The number of hydrogen-bond acceptors (Lipinski definition) is 6. The lowest BCUT2D eigenvalue weighted by atomic mass is 10.0. The van der Waals surface area contributed by atoms with E-state index >= 15 is 0 Å². The third-order valence-corrected chi connectivity index (χ3v) is 7.10. The van der Waals surface area contributed by atoms with E-state index in [0.717, 1.165) is 12.0 Å². The molecule has 0 aliphatic heterocycles. The van der Waals surface area contributed by atoms with Gasteiger partial charge in [0.1, 0.15) is 17.6 Å². The van der Waals surface area contributed by atoms with Gasteiger partial charge >= 0.3 is 0 Å². The summed E-state index contributed by atoms with van der Waals surface area (Å²) < 4.78 is 25.2. The van der Waals surface area contributed by atoms with Crippen molar-refractivity contribution in [3.63, 3.8) is 0 Å². The highest BCUT2D eigenvalue weighted by atomic mass is 35.5. The molecule has 9 heteroatoms. The highest BCUT2D eigenvalue weighted by Gasteiger charge is 2.23. The summed E-state index contributed by atoms with van der Waals surface area (Å²) in [5.74, 6) is -0.414. The molecule has 0 saturated carbocycles. The van der Waals surface area contributed by atoms with Gasteiger partial charge in [-0.05, 0) is 62.6 Å². The standard InChI is InChI=1S/C32H31ClFN7/c1-5-27(20-9-7-6-8-10-20)38-29-22(17-35)18-36-31-25(29)15-24(16-26(31)33)37-30(21-11-13-23(34)14-12-21)28-19-41(40-39-28)32(2,3)4/h6-16,18-19,27,30,37H,5H2,1-4H3,(H,36,38)/i30D. The predicted molar refractivity (Wildman–Crippen MR) is 161 cm³/mol. The van der Waals surface area contributed by atoms with Gasteiger partial charge in [-0.25, -0.2) is 9.07 Å². The molecule has 2 heterocycles. The van der Waals surface area contributed by atoms with Crippen molar-refractivity contribution in [1.29, 1.82) is 5.26 Å². The Balaban J connectivity index is 1.64. The van der Waals surface area contributed by atoms with Gasteiger partial charge in [0, 0.05) is 17.3 Å². The first-order valence-electron chi connectivity index (χ1n) is 13.8. The van der Waals surface area contributed by atoms with Gasteiger partial charge in [0.25, 0.3) is 0 Å². The van der Waals surface area contributed by atoms with Crippen LogP contribution in [0.4, 0.5) is 15.8 Å². The molecular weight excluding hydrogens is 537 g/mol. The first kappa shape index (κ1) is 26.7. The second-order valence-electron chi connectivity index (χ2n) is 10.8. The predicted octanol–water partition coefficient (Wildman–Crippen LogP) is 8.01. The average Bonchev–Trinajstić information content (AvgIpc) is 3.49. The van der Waals surface area contributed by atoms with Gasteiger partial charge in [-0.3, -0.25) is 4.98 Å². The summed E-state index contributed by atoms with van der Waals surface area (Å²) in [6.07, 6.45) is 3.99. The Labute approximate surface area is 245 Å². The van der Waals surface area contributed by atoms with Crippen LogP contribution in [0.5, 0.6) is 0 Å². The summed E-state index contributed by atoms with van der Waals surface area (Å²) in [5.41, 5.74) is 3.46. The van der Waals surface area contributed by atoms with E-state index in [0.29, 0.717) is 44.1 Å². The number of halogens is 2. The van der Waals surface area contributed by atoms with Crippen molar-refractivity contribution in [1.82, 2.24) is 20.0 Å². The van der Waals surface area contributed by atoms with E-state index in [4.69, 9.17) is 11.6 Å². The molecule has 7 nitrogen and oxygen atoms in total. The molecule has 2 aromatic heterocycles. The topological polar surface area (TPSA) is 91.5 Å². The van der Waals surface area contributed by atoms with Crippen LogP contribution in [0.25, 0.3) is 10.9 Å². The Bertz CT molecular complexity index is 1760. The number of benzene rings is 3. The fraction of sp³-hybridized carbons (Fsp3) is 0.250. The Morgan fingerprint density at radius 1 is 1.07 bits per heavy atom. The summed E-state index contributed by atoms with van der Waals surface area (Å²) in [6.45, 7) is 8.03. The smallest absolute Gasteiger partial charge is 0.123 e. The molecule has 2 atom stereocenters. The minimum absolute atomic E-state index is 0.0683. The maximum absolute atomic E-state index is 13.9. The number of nitrogens with zero attached hydrogens (tertiary/aromatic N) is 5. The maximum atomic E-state index is 13.9. The molecule has 0 spiro atoms. The van der Waals surface area contributed by atoms with Gasteiger partial charge in [0.05, 0.1) is 47.0 Å². The van der Waals surface area contributed by atoms with Gasteiger partial charge in [0.2, 0.25) is 0 Å². The molecule has 2 N–H and O–H groups in total. The molecule has 0 amide bonds. The Morgan fingerprint density at radius 2 is 1.80 bits per heavy atom. The number of hydrogen-bond donors (Lipinski definition) is 2. The van der Waals surface area contributed by atoms with Gasteiger partial charge in [0.15, 0.2) is 0 Å². The highest BCUT2D eigenvalue weighted by molar-refractivity contribution is 6.35. The van der Waals surface area contributed by atoms with Crippen molar-refractivity contribution < 1.29 is 5.76 Å². The zero-order chi connectivity index (χ0) is 30.1. The lowest BCUT2D eigenvalue weighted by Gasteiger charge is -2.23.